The minimum atomic E-state index is -0.0699. The first-order chi connectivity index (χ1) is 14.7. The van der Waals surface area contributed by atoms with E-state index in [4.69, 9.17) is 23.9 Å². The summed E-state index contributed by atoms with van der Waals surface area (Å²) in [5.41, 5.74) is 2.80. The molecule has 1 aliphatic heterocycles. The molecule has 0 spiro atoms. The number of imidazole rings is 1. The van der Waals surface area contributed by atoms with Crippen LogP contribution in [0.2, 0.25) is 0 Å². The maximum Gasteiger partial charge on any atom is 0.231 e. The summed E-state index contributed by atoms with van der Waals surface area (Å²) < 4.78 is 23.4. The lowest BCUT2D eigenvalue weighted by molar-refractivity contribution is 0.174. The van der Waals surface area contributed by atoms with E-state index in [1.807, 2.05) is 28.8 Å². The van der Waals surface area contributed by atoms with Crippen LogP contribution in [0.15, 0.2) is 48.9 Å². The molecule has 4 aromatic rings. The Morgan fingerprint density at radius 3 is 2.60 bits per heavy atom. The van der Waals surface area contributed by atoms with Crippen molar-refractivity contribution in [1.82, 2.24) is 14.4 Å². The van der Waals surface area contributed by atoms with E-state index in [2.05, 4.69) is 10.3 Å². The second-order valence-corrected chi connectivity index (χ2v) is 6.54. The van der Waals surface area contributed by atoms with Crippen molar-refractivity contribution in [1.29, 1.82) is 0 Å². The Labute approximate surface area is 171 Å². The topological polar surface area (TPSA) is 99.4 Å². The highest BCUT2D eigenvalue weighted by Crippen LogP contribution is 2.43. The van der Waals surface area contributed by atoms with Crippen molar-refractivity contribution in [2.75, 3.05) is 26.3 Å². The molecule has 0 aliphatic carbocycles. The first-order valence-corrected chi connectivity index (χ1v) is 9.12. The van der Waals surface area contributed by atoms with E-state index in [9.17, 15) is 5.11 Å². The summed E-state index contributed by atoms with van der Waals surface area (Å²) >= 11 is 0. The quantitative estimate of drug-likeness (QED) is 0.519. The third kappa shape index (κ3) is 2.87. The zero-order valence-corrected chi connectivity index (χ0v) is 16.2. The van der Waals surface area contributed by atoms with Crippen LogP contribution in [-0.4, -0.2) is 40.5 Å². The zero-order chi connectivity index (χ0) is 20.7. The molecule has 2 aromatic heterocycles. The molecule has 152 valence electrons. The van der Waals surface area contributed by atoms with E-state index in [-0.39, 0.29) is 24.0 Å². The SMILES string of the molecule is COc1cc(-c2nc3cnccn3c2Nc2ccc3c(c2)OCO3)cc(OC)c1O. The van der Waals surface area contributed by atoms with Crippen LogP contribution in [0.4, 0.5) is 11.5 Å². The molecule has 9 heteroatoms. The molecule has 0 fully saturated rings. The number of benzene rings is 2. The molecule has 0 bridgehead atoms. The number of phenols is 1. The van der Waals surface area contributed by atoms with E-state index in [1.165, 1.54) is 14.2 Å². The number of fused-ring (bicyclic) bond motifs is 2. The van der Waals surface area contributed by atoms with Gasteiger partial charge in [-0.05, 0) is 24.3 Å². The molecule has 1 aliphatic rings. The molecule has 0 radical (unpaired) electrons. The van der Waals surface area contributed by atoms with Gasteiger partial charge in [-0.3, -0.25) is 9.38 Å². The monoisotopic (exact) mass is 406 g/mol. The van der Waals surface area contributed by atoms with Crippen molar-refractivity contribution in [3.05, 3.63) is 48.9 Å². The summed E-state index contributed by atoms with van der Waals surface area (Å²) in [5.74, 6) is 2.59. The third-order valence-electron chi connectivity index (χ3n) is 4.82. The highest BCUT2D eigenvalue weighted by molar-refractivity contribution is 5.82. The predicted molar refractivity (Wildman–Crippen MR) is 109 cm³/mol. The molecule has 2 N–H and O–H groups in total. The van der Waals surface area contributed by atoms with Gasteiger partial charge in [-0.2, -0.15) is 0 Å². The standard InChI is InChI=1S/C21H18N4O5/c1-27-16-7-12(8-17(28-2)20(16)26)19-21(25-6-5-22-10-18(25)24-19)23-13-3-4-14-15(9-13)30-11-29-14/h3-10,23,26H,11H2,1-2H3. The number of nitrogens with one attached hydrogen (secondary N) is 1. The maximum atomic E-state index is 10.3. The zero-order valence-electron chi connectivity index (χ0n) is 16.2. The Kier molecular flexibility index (Phi) is 4.20. The number of nitrogens with zero attached hydrogens (tertiary/aromatic N) is 3. The summed E-state index contributed by atoms with van der Waals surface area (Å²) in [6.07, 6.45) is 5.17. The fraction of sp³-hybridized carbons (Fsp3) is 0.143. The Balaban J connectivity index is 1.66. The van der Waals surface area contributed by atoms with Gasteiger partial charge in [0, 0.05) is 29.7 Å². The number of aromatic nitrogens is 3. The largest absolute Gasteiger partial charge is 0.502 e. The third-order valence-corrected chi connectivity index (χ3v) is 4.82. The Hall–Kier alpha value is -4.14. The first kappa shape index (κ1) is 17.9. The number of hydrogen-bond donors (Lipinski definition) is 2. The van der Waals surface area contributed by atoms with Gasteiger partial charge in [0.05, 0.1) is 20.4 Å². The van der Waals surface area contributed by atoms with Crippen LogP contribution < -0.4 is 24.3 Å². The first-order valence-electron chi connectivity index (χ1n) is 9.12. The second kappa shape index (κ2) is 7.03. The fourth-order valence-corrected chi connectivity index (χ4v) is 3.37. The summed E-state index contributed by atoms with van der Waals surface area (Å²) in [6.45, 7) is 0.207. The van der Waals surface area contributed by atoms with Crippen molar-refractivity contribution in [2.24, 2.45) is 0 Å². The lowest BCUT2D eigenvalue weighted by atomic mass is 10.1. The summed E-state index contributed by atoms with van der Waals surface area (Å²) in [7, 11) is 2.97. The van der Waals surface area contributed by atoms with Crippen LogP contribution in [0.5, 0.6) is 28.7 Å². The van der Waals surface area contributed by atoms with E-state index in [1.54, 1.807) is 24.5 Å². The fourth-order valence-electron chi connectivity index (χ4n) is 3.37. The second-order valence-electron chi connectivity index (χ2n) is 6.54. The molecule has 5 rings (SSSR count). The van der Waals surface area contributed by atoms with E-state index < -0.39 is 0 Å². The van der Waals surface area contributed by atoms with Crippen molar-refractivity contribution in [3.63, 3.8) is 0 Å². The van der Waals surface area contributed by atoms with Crippen LogP contribution in [0, 0.1) is 0 Å². The highest BCUT2D eigenvalue weighted by Gasteiger charge is 2.20. The van der Waals surface area contributed by atoms with Crippen molar-refractivity contribution in [2.45, 2.75) is 0 Å². The molecule has 9 nitrogen and oxygen atoms in total. The number of rotatable bonds is 5. The van der Waals surface area contributed by atoms with Gasteiger partial charge in [-0.25, -0.2) is 4.98 Å². The Morgan fingerprint density at radius 1 is 1.07 bits per heavy atom. The lowest BCUT2D eigenvalue weighted by Gasteiger charge is -2.12. The summed E-state index contributed by atoms with van der Waals surface area (Å²) in [4.78, 5) is 8.88. The normalized spacial score (nSPS) is 12.2. The molecule has 0 saturated carbocycles. The van der Waals surface area contributed by atoms with E-state index in [0.717, 1.165) is 5.69 Å². The number of ether oxygens (including phenoxy) is 4. The van der Waals surface area contributed by atoms with Crippen LogP contribution in [0.25, 0.3) is 16.9 Å². The van der Waals surface area contributed by atoms with E-state index in [0.29, 0.717) is 34.2 Å². The van der Waals surface area contributed by atoms with Crippen LogP contribution in [0.3, 0.4) is 0 Å². The van der Waals surface area contributed by atoms with Crippen LogP contribution >= 0.6 is 0 Å². The minimum Gasteiger partial charge on any atom is -0.502 e. The molecule has 2 aromatic carbocycles. The van der Waals surface area contributed by atoms with Gasteiger partial charge < -0.3 is 29.4 Å². The van der Waals surface area contributed by atoms with Gasteiger partial charge >= 0.3 is 0 Å². The van der Waals surface area contributed by atoms with Gasteiger partial charge in [-0.1, -0.05) is 0 Å². The van der Waals surface area contributed by atoms with Crippen LogP contribution in [-0.2, 0) is 0 Å². The molecule has 3 heterocycles. The molecule has 0 atom stereocenters. The predicted octanol–water partition coefficient (Wildman–Crippen LogP) is 3.59. The lowest BCUT2D eigenvalue weighted by Crippen LogP contribution is -1.98. The van der Waals surface area contributed by atoms with Crippen molar-refractivity contribution in [3.8, 4) is 40.0 Å². The molecule has 0 unspecified atom stereocenters. The van der Waals surface area contributed by atoms with Gasteiger partial charge in [0.1, 0.15) is 11.5 Å². The van der Waals surface area contributed by atoms with Gasteiger partial charge in [-0.15, -0.1) is 0 Å². The number of aromatic hydroxyl groups is 1. The maximum absolute atomic E-state index is 10.3. The minimum absolute atomic E-state index is 0.0699. The Bertz CT molecular complexity index is 1230. The van der Waals surface area contributed by atoms with Crippen LogP contribution in [0.1, 0.15) is 0 Å². The molecule has 0 amide bonds. The molecule has 0 saturated heterocycles. The van der Waals surface area contributed by atoms with Gasteiger partial charge in [0.15, 0.2) is 28.6 Å². The van der Waals surface area contributed by atoms with E-state index >= 15 is 0 Å². The molecular weight excluding hydrogens is 388 g/mol. The molecular formula is C21H18N4O5. The average Bonchev–Trinajstić information content (AvgIpc) is 3.38. The smallest absolute Gasteiger partial charge is 0.231 e. The van der Waals surface area contributed by atoms with Gasteiger partial charge in [0.2, 0.25) is 12.5 Å². The van der Waals surface area contributed by atoms with Gasteiger partial charge in [0.25, 0.3) is 0 Å². The molecule has 30 heavy (non-hydrogen) atoms. The number of phenolic OH excluding ortho intramolecular Hbond substituents is 1. The van der Waals surface area contributed by atoms with Crippen molar-refractivity contribution < 1.29 is 24.1 Å². The number of methoxy groups -OCH3 is 2. The highest BCUT2D eigenvalue weighted by atomic mass is 16.7. The van der Waals surface area contributed by atoms with Crippen molar-refractivity contribution >= 4 is 17.2 Å². The summed E-state index contributed by atoms with van der Waals surface area (Å²) in [6, 6.07) is 9.03. The number of hydrogen-bond acceptors (Lipinski definition) is 8. The average molecular weight is 406 g/mol. The Morgan fingerprint density at radius 2 is 1.83 bits per heavy atom. The number of anilines is 2. The summed E-state index contributed by atoms with van der Waals surface area (Å²) in [5, 5.41) is 13.7.